The second-order valence-corrected chi connectivity index (χ2v) is 15.8. The second kappa shape index (κ2) is 20.0. The lowest BCUT2D eigenvalue weighted by Crippen LogP contribution is -2.30. The molecule has 1 N–H and O–H groups in total. The molecule has 278 valence electrons. The van der Waals surface area contributed by atoms with Crippen molar-refractivity contribution in [2.45, 2.75) is 112 Å². The maximum atomic E-state index is 11.4. The van der Waals surface area contributed by atoms with Crippen LogP contribution in [0.15, 0.2) is 107 Å². The van der Waals surface area contributed by atoms with E-state index in [1.165, 1.54) is 43.2 Å². The minimum atomic E-state index is -0.286. The standard InChI is InChI=1S/C46H61N3O3/c1-35(2)44(50)52-33-17-13-11-9-8-10-12-16-32-51-39-26-22-37(23-27-39)34-47-42-28-29-43(41-19-15-14-18-40(41)42)49-48-38-24-20-36(21-25-38)30-31-46(6,7)45(3,4)5/h14-15,18-29,47H,1,8-13,16-17,30-34H2,2-7H3/b49-48+. The van der Waals surface area contributed by atoms with Crippen LogP contribution in [0.25, 0.3) is 10.8 Å². The maximum Gasteiger partial charge on any atom is 0.333 e. The molecule has 0 unspecified atom stereocenters. The summed E-state index contributed by atoms with van der Waals surface area (Å²) in [6.07, 6.45) is 11.3. The first kappa shape index (κ1) is 40.3. The Kier molecular flexibility index (Phi) is 15.5. The van der Waals surface area contributed by atoms with Crippen LogP contribution in [0.5, 0.6) is 5.75 Å². The zero-order valence-corrected chi connectivity index (χ0v) is 32.6. The van der Waals surface area contributed by atoms with Crippen LogP contribution in [0.4, 0.5) is 17.1 Å². The van der Waals surface area contributed by atoms with Crippen molar-refractivity contribution in [3.8, 4) is 5.75 Å². The summed E-state index contributed by atoms with van der Waals surface area (Å²) in [5, 5.41) is 15.1. The number of esters is 1. The predicted molar refractivity (Wildman–Crippen MR) is 218 cm³/mol. The van der Waals surface area contributed by atoms with E-state index in [0.29, 0.717) is 18.7 Å². The highest BCUT2D eigenvalue weighted by atomic mass is 16.5. The van der Waals surface area contributed by atoms with Crippen LogP contribution in [-0.2, 0) is 22.5 Å². The van der Waals surface area contributed by atoms with E-state index in [2.05, 4.69) is 136 Å². The summed E-state index contributed by atoms with van der Waals surface area (Å²) in [5.41, 5.74) is 6.32. The Bertz CT molecular complexity index is 1730. The van der Waals surface area contributed by atoms with Gasteiger partial charge >= 0.3 is 5.97 Å². The van der Waals surface area contributed by atoms with Crippen molar-refractivity contribution >= 4 is 33.8 Å². The fourth-order valence-corrected chi connectivity index (χ4v) is 5.84. The van der Waals surface area contributed by atoms with Crippen LogP contribution >= 0.6 is 0 Å². The molecule has 0 saturated heterocycles. The number of anilines is 1. The van der Waals surface area contributed by atoms with E-state index >= 15 is 0 Å². The van der Waals surface area contributed by atoms with Crippen molar-refractivity contribution in [3.63, 3.8) is 0 Å². The van der Waals surface area contributed by atoms with E-state index in [0.717, 1.165) is 72.3 Å². The second-order valence-electron chi connectivity index (χ2n) is 15.8. The molecule has 0 radical (unpaired) electrons. The van der Waals surface area contributed by atoms with Gasteiger partial charge in [-0.3, -0.25) is 0 Å². The number of carbonyl (C=O) groups excluding carboxylic acids is 1. The van der Waals surface area contributed by atoms with Crippen molar-refractivity contribution in [2.24, 2.45) is 21.1 Å². The summed E-state index contributed by atoms with van der Waals surface area (Å²) < 4.78 is 11.1. The molecule has 0 aliphatic heterocycles. The number of benzene rings is 4. The third kappa shape index (κ3) is 13.0. The van der Waals surface area contributed by atoms with E-state index < -0.39 is 0 Å². The summed E-state index contributed by atoms with van der Waals surface area (Å²) in [6.45, 7) is 18.9. The van der Waals surface area contributed by atoms with Crippen molar-refractivity contribution < 1.29 is 14.3 Å². The number of azo groups is 1. The Labute approximate surface area is 313 Å². The number of ether oxygens (including phenoxy) is 2. The summed E-state index contributed by atoms with van der Waals surface area (Å²) in [6, 6.07) is 29.4. The molecule has 4 aromatic rings. The van der Waals surface area contributed by atoms with Gasteiger partial charge in [0.05, 0.1) is 24.6 Å². The number of hydrogen-bond donors (Lipinski definition) is 1. The van der Waals surface area contributed by atoms with E-state index in [1.54, 1.807) is 6.92 Å². The molecule has 4 aromatic carbocycles. The van der Waals surface area contributed by atoms with E-state index in [-0.39, 0.29) is 16.8 Å². The van der Waals surface area contributed by atoms with Gasteiger partial charge in [0.15, 0.2) is 0 Å². The first-order valence-corrected chi connectivity index (χ1v) is 19.2. The van der Waals surface area contributed by atoms with Crippen LogP contribution in [0.2, 0.25) is 0 Å². The Hall–Kier alpha value is -4.45. The van der Waals surface area contributed by atoms with Gasteiger partial charge < -0.3 is 14.8 Å². The number of rotatable bonds is 21. The topological polar surface area (TPSA) is 72.3 Å². The average molecular weight is 704 g/mol. The Morgan fingerprint density at radius 1 is 0.692 bits per heavy atom. The van der Waals surface area contributed by atoms with Crippen molar-refractivity contribution in [2.75, 3.05) is 18.5 Å². The van der Waals surface area contributed by atoms with Gasteiger partial charge in [-0.2, -0.15) is 5.11 Å². The van der Waals surface area contributed by atoms with Gasteiger partial charge in [-0.05, 0) is 91.0 Å². The molecular weight excluding hydrogens is 643 g/mol. The maximum absolute atomic E-state index is 11.4. The molecule has 0 atom stereocenters. The molecule has 0 bridgehead atoms. The summed E-state index contributed by atoms with van der Waals surface area (Å²) in [7, 11) is 0. The van der Waals surface area contributed by atoms with Crippen LogP contribution in [0.3, 0.4) is 0 Å². The minimum Gasteiger partial charge on any atom is -0.494 e. The number of nitrogens with zero attached hydrogens (tertiary/aromatic N) is 2. The number of aryl methyl sites for hydroxylation is 1. The lowest BCUT2D eigenvalue weighted by molar-refractivity contribution is -0.139. The predicted octanol–water partition coefficient (Wildman–Crippen LogP) is 13.5. The van der Waals surface area contributed by atoms with Gasteiger partial charge in [-0.1, -0.05) is 128 Å². The van der Waals surface area contributed by atoms with Gasteiger partial charge in [-0.15, -0.1) is 5.11 Å². The molecule has 0 aromatic heterocycles. The fraction of sp³-hybridized carbons (Fsp3) is 0.457. The molecule has 0 amide bonds. The number of hydrogen-bond acceptors (Lipinski definition) is 6. The van der Waals surface area contributed by atoms with Crippen molar-refractivity contribution in [1.29, 1.82) is 0 Å². The van der Waals surface area contributed by atoms with Crippen LogP contribution in [0.1, 0.15) is 110 Å². The Morgan fingerprint density at radius 2 is 1.29 bits per heavy atom. The van der Waals surface area contributed by atoms with Crippen molar-refractivity contribution in [3.05, 3.63) is 108 Å². The number of fused-ring (bicyclic) bond motifs is 1. The monoisotopic (exact) mass is 703 g/mol. The smallest absolute Gasteiger partial charge is 0.333 e. The van der Waals surface area contributed by atoms with Gasteiger partial charge in [-0.25, -0.2) is 4.79 Å². The molecule has 0 fully saturated rings. The fourth-order valence-electron chi connectivity index (χ4n) is 5.84. The molecule has 0 spiro atoms. The van der Waals surface area contributed by atoms with Gasteiger partial charge in [0.1, 0.15) is 5.75 Å². The highest BCUT2D eigenvalue weighted by Crippen LogP contribution is 2.41. The van der Waals surface area contributed by atoms with Crippen LogP contribution in [-0.4, -0.2) is 19.2 Å². The van der Waals surface area contributed by atoms with E-state index in [4.69, 9.17) is 9.47 Å². The zero-order chi connectivity index (χ0) is 37.4. The van der Waals surface area contributed by atoms with Gasteiger partial charge in [0, 0.05) is 28.6 Å². The van der Waals surface area contributed by atoms with Crippen LogP contribution in [0, 0.1) is 10.8 Å². The number of unbranched alkanes of at least 4 members (excludes halogenated alkanes) is 7. The molecule has 0 aliphatic carbocycles. The first-order valence-electron chi connectivity index (χ1n) is 19.2. The molecule has 4 rings (SSSR count). The lowest BCUT2D eigenvalue weighted by atomic mass is 9.66. The summed E-state index contributed by atoms with van der Waals surface area (Å²) >= 11 is 0. The van der Waals surface area contributed by atoms with Crippen molar-refractivity contribution in [1.82, 2.24) is 0 Å². The van der Waals surface area contributed by atoms with Crippen LogP contribution < -0.4 is 10.1 Å². The summed E-state index contributed by atoms with van der Waals surface area (Å²) in [4.78, 5) is 11.4. The minimum absolute atomic E-state index is 0.267. The lowest BCUT2D eigenvalue weighted by Gasteiger charge is -2.39. The molecule has 0 aliphatic rings. The highest BCUT2D eigenvalue weighted by Gasteiger charge is 2.32. The molecule has 6 nitrogen and oxygen atoms in total. The number of nitrogens with one attached hydrogen (secondary N) is 1. The Morgan fingerprint density at radius 3 is 1.92 bits per heavy atom. The molecule has 6 heteroatoms. The Balaban J connectivity index is 1.17. The van der Waals surface area contributed by atoms with E-state index in [9.17, 15) is 4.79 Å². The van der Waals surface area contributed by atoms with Gasteiger partial charge in [0.2, 0.25) is 0 Å². The third-order valence-electron chi connectivity index (χ3n) is 10.5. The quantitative estimate of drug-likeness (QED) is 0.0406. The molecular formula is C46H61N3O3. The highest BCUT2D eigenvalue weighted by molar-refractivity contribution is 6.00. The zero-order valence-electron chi connectivity index (χ0n) is 32.6. The largest absolute Gasteiger partial charge is 0.494 e. The van der Waals surface area contributed by atoms with Gasteiger partial charge in [0.25, 0.3) is 0 Å². The molecule has 0 saturated carbocycles. The SMILES string of the molecule is C=C(C)C(=O)OCCCCCCCCCCOc1ccc(CNc2ccc(/N=N/c3ccc(CCC(C)(C)C(C)(C)C)cc3)c3ccccc23)cc1. The van der Waals surface area contributed by atoms with E-state index in [1.807, 2.05) is 6.07 Å². The molecule has 0 heterocycles. The molecule has 52 heavy (non-hydrogen) atoms. The normalized spacial score (nSPS) is 12.0. The average Bonchev–Trinajstić information content (AvgIpc) is 3.13. The first-order chi connectivity index (χ1) is 24.9. The summed E-state index contributed by atoms with van der Waals surface area (Å²) in [5.74, 6) is 0.626. The third-order valence-corrected chi connectivity index (χ3v) is 10.5. The number of carbonyl (C=O) groups is 1.